The third-order valence-corrected chi connectivity index (χ3v) is 3.22. The molecule has 3 rings (SSSR count). The van der Waals surface area contributed by atoms with Crippen molar-refractivity contribution in [2.45, 2.75) is 6.92 Å². The smallest absolute Gasteiger partial charge is 0.188 e. The zero-order chi connectivity index (χ0) is 11.7. The molecule has 0 unspecified atom stereocenters. The van der Waals surface area contributed by atoms with Gasteiger partial charge in [0.2, 0.25) is 0 Å². The molecule has 3 aromatic rings. The van der Waals surface area contributed by atoms with E-state index in [4.69, 9.17) is 0 Å². The zero-order valence-corrected chi connectivity index (χ0v) is 10.0. The fourth-order valence-corrected chi connectivity index (χ4v) is 2.28. The predicted molar refractivity (Wildman–Crippen MR) is 69.7 cm³/mol. The number of nitrogens with one attached hydrogen (secondary N) is 1. The average Bonchev–Trinajstić information content (AvgIpc) is 2.75. The van der Waals surface area contributed by atoms with Gasteiger partial charge in [-0.05, 0) is 19.1 Å². The van der Waals surface area contributed by atoms with Gasteiger partial charge in [-0.25, -0.2) is 15.0 Å². The highest BCUT2D eigenvalue weighted by molar-refractivity contribution is 7.15. The van der Waals surface area contributed by atoms with Crippen LogP contribution in [0, 0.1) is 6.92 Å². The van der Waals surface area contributed by atoms with Crippen LogP contribution in [0.15, 0.2) is 36.8 Å². The fourth-order valence-electron chi connectivity index (χ4n) is 1.62. The first kappa shape index (κ1) is 10.2. The molecule has 17 heavy (non-hydrogen) atoms. The minimum absolute atomic E-state index is 0.796. The number of para-hydroxylation sites is 1. The third-order valence-electron chi connectivity index (χ3n) is 2.39. The van der Waals surface area contributed by atoms with Crippen LogP contribution in [0.3, 0.4) is 0 Å². The maximum Gasteiger partial charge on any atom is 0.188 e. The van der Waals surface area contributed by atoms with Gasteiger partial charge in [-0.2, -0.15) is 0 Å². The lowest BCUT2D eigenvalue weighted by Gasteiger charge is -2.04. The van der Waals surface area contributed by atoms with E-state index < -0.39 is 0 Å². The minimum atomic E-state index is 0.796. The number of rotatable bonds is 2. The second kappa shape index (κ2) is 4.10. The molecule has 2 heterocycles. The normalized spacial score (nSPS) is 10.6. The molecule has 0 bridgehead atoms. The number of nitrogens with zero attached hydrogens (tertiary/aromatic N) is 3. The number of hydrogen-bond acceptors (Lipinski definition) is 5. The molecule has 0 saturated carbocycles. The van der Waals surface area contributed by atoms with Crippen molar-refractivity contribution in [3.63, 3.8) is 0 Å². The first-order valence-corrected chi connectivity index (χ1v) is 6.04. The summed E-state index contributed by atoms with van der Waals surface area (Å²) in [4.78, 5) is 13.9. The summed E-state index contributed by atoms with van der Waals surface area (Å²) in [6.45, 7) is 2.03. The monoisotopic (exact) mass is 242 g/mol. The summed E-state index contributed by atoms with van der Waals surface area (Å²) in [7, 11) is 0. The second-order valence-corrected chi connectivity index (χ2v) is 4.88. The molecule has 0 fully saturated rings. The maximum absolute atomic E-state index is 4.26. The van der Waals surface area contributed by atoms with E-state index in [1.165, 1.54) is 4.88 Å². The molecular weight excluding hydrogens is 232 g/mol. The van der Waals surface area contributed by atoms with Crippen molar-refractivity contribution >= 4 is 33.2 Å². The van der Waals surface area contributed by atoms with Gasteiger partial charge in [-0.3, -0.25) is 0 Å². The van der Waals surface area contributed by atoms with Crippen molar-refractivity contribution in [1.82, 2.24) is 15.0 Å². The molecule has 0 aliphatic rings. The minimum Gasteiger partial charge on any atom is -0.316 e. The number of aromatic nitrogens is 3. The molecule has 0 saturated heterocycles. The molecule has 2 aromatic heterocycles. The Labute approximate surface area is 102 Å². The lowest BCUT2D eigenvalue weighted by atomic mass is 10.2. The van der Waals surface area contributed by atoms with Gasteiger partial charge in [0.1, 0.15) is 12.1 Å². The van der Waals surface area contributed by atoms with Crippen LogP contribution in [0.4, 0.5) is 10.9 Å². The van der Waals surface area contributed by atoms with E-state index >= 15 is 0 Å². The molecular formula is C12H10N4S. The molecule has 0 spiro atoms. The van der Waals surface area contributed by atoms with Crippen molar-refractivity contribution in [2.75, 3.05) is 5.32 Å². The van der Waals surface area contributed by atoms with Crippen LogP contribution in [0.5, 0.6) is 0 Å². The van der Waals surface area contributed by atoms with Crippen molar-refractivity contribution in [2.24, 2.45) is 0 Å². The molecule has 0 aliphatic heterocycles. The van der Waals surface area contributed by atoms with Crippen LogP contribution in [0.1, 0.15) is 4.88 Å². The molecule has 0 aliphatic carbocycles. The largest absolute Gasteiger partial charge is 0.316 e. The lowest BCUT2D eigenvalue weighted by Crippen LogP contribution is -1.94. The molecule has 0 atom stereocenters. The summed E-state index contributed by atoms with van der Waals surface area (Å²) >= 11 is 1.61. The highest BCUT2D eigenvalue weighted by Crippen LogP contribution is 2.25. The third kappa shape index (κ3) is 1.97. The summed E-state index contributed by atoms with van der Waals surface area (Å²) in [5.74, 6) is 0.796. The first-order valence-electron chi connectivity index (χ1n) is 5.22. The molecule has 1 N–H and O–H groups in total. The van der Waals surface area contributed by atoms with E-state index in [9.17, 15) is 0 Å². The van der Waals surface area contributed by atoms with Gasteiger partial charge in [0.15, 0.2) is 5.13 Å². The van der Waals surface area contributed by atoms with Gasteiger partial charge >= 0.3 is 0 Å². The van der Waals surface area contributed by atoms with Crippen LogP contribution in [0.2, 0.25) is 0 Å². The van der Waals surface area contributed by atoms with E-state index in [1.54, 1.807) is 17.7 Å². The molecule has 1 aromatic carbocycles. The highest BCUT2D eigenvalue weighted by atomic mass is 32.1. The number of hydrogen-bond donors (Lipinski definition) is 1. The lowest BCUT2D eigenvalue weighted by molar-refractivity contribution is 1.21. The zero-order valence-electron chi connectivity index (χ0n) is 9.21. The van der Waals surface area contributed by atoms with Gasteiger partial charge in [-0.15, -0.1) is 11.3 Å². The SMILES string of the molecule is Cc1cnc(Nc2ncnc3ccccc23)s1. The van der Waals surface area contributed by atoms with Crippen LogP contribution in [0.25, 0.3) is 10.9 Å². The molecule has 84 valence electrons. The van der Waals surface area contributed by atoms with Crippen LogP contribution < -0.4 is 5.32 Å². The molecule has 0 radical (unpaired) electrons. The summed E-state index contributed by atoms with van der Waals surface area (Å²) in [6.07, 6.45) is 3.40. The van der Waals surface area contributed by atoms with Crippen molar-refractivity contribution < 1.29 is 0 Å². The Kier molecular flexibility index (Phi) is 2.45. The van der Waals surface area contributed by atoms with E-state index in [1.807, 2.05) is 37.4 Å². The van der Waals surface area contributed by atoms with E-state index in [2.05, 4.69) is 20.3 Å². The number of thiazole rings is 1. The Morgan fingerprint density at radius 3 is 2.82 bits per heavy atom. The summed E-state index contributed by atoms with van der Waals surface area (Å²) in [5, 5.41) is 5.08. The Morgan fingerprint density at radius 1 is 1.12 bits per heavy atom. The number of anilines is 2. The Bertz CT molecular complexity index is 657. The first-order chi connectivity index (χ1) is 8.33. The molecule has 4 nitrogen and oxygen atoms in total. The van der Waals surface area contributed by atoms with Crippen LogP contribution >= 0.6 is 11.3 Å². The standard InChI is InChI=1S/C12H10N4S/c1-8-6-13-12(17-8)16-11-9-4-2-3-5-10(9)14-7-15-11/h2-7H,1H3,(H,13,14,15,16). The van der Waals surface area contributed by atoms with Crippen LogP contribution in [-0.2, 0) is 0 Å². The topological polar surface area (TPSA) is 50.7 Å². The van der Waals surface area contributed by atoms with Gasteiger partial charge in [0.05, 0.1) is 5.52 Å². The van der Waals surface area contributed by atoms with E-state index in [0.717, 1.165) is 21.9 Å². The van der Waals surface area contributed by atoms with Gasteiger partial charge in [-0.1, -0.05) is 12.1 Å². The predicted octanol–water partition coefficient (Wildman–Crippen LogP) is 3.14. The van der Waals surface area contributed by atoms with Gasteiger partial charge in [0, 0.05) is 16.5 Å². The molecule has 0 amide bonds. The van der Waals surface area contributed by atoms with Gasteiger partial charge < -0.3 is 5.32 Å². The second-order valence-electron chi connectivity index (χ2n) is 3.64. The van der Waals surface area contributed by atoms with Crippen molar-refractivity contribution in [3.05, 3.63) is 41.7 Å². The Balaban J connectivity index is 2.05. The number of benzene rings is 1. The van der Waals surface area contributed by atoms with Crippen molar-refractivity contribution in [3.8, 4) is 0 Å². The summed E-state index contributed by atoms with van der Waals surface area (Å²) in [6, 6.07) is 7.91. The quantitative estimate of drug-likeness (QED) is 0.750. The summed E-state index contributed by atoms with van der Waals surface area (Å²) < 4.78 is 0. The van der Waals surface area contributed by atoms with Crippen molar-refractivity contribution in [1.29, 1.82) is 0 Å². The Hall–Kier alpha value is -2.01. The highest BCUT2D eigenvalue weighted by Gasteiger charge is 2.05. The van der Waals surface area contributed by atoms with E-state index in [0.29, 0.717) is 0 Å². The molecule has 5 heteroatoms. The number of aryl methyl sites for hydroxylation is 1. The maximum atomic E-state index is 4.26. The fraction of sp³-hybridized carbons (Fsp3) is 0.0833. The van der Waals surface area contributed by atoms with Crippen LogP contribution in [-0.4, -0.2) is 15.0 Å². The van der Waals surface area contributed by atoms with E-state index in [-0.39, 0.29) is 0 Å². The average molecular weight is 242 g/mol. The van der Waals surface area contributed by atoms with Gasteiger partial charge in [0.25, 0.3) is 0 Å². The Morgan fingerprint density at radius 2 is 2.00 bits per heavy atom. The number of fused-ring (bicyclic) bond motifs is 1. The summed E-state index contributed by atoms with van der Waals surface area (Å²) in [5.41, 5.74) is 0.929.